The average Bonchev–Trinajstić information content (AvgIpc) is 2.39. The molecule has 0 aliphatic rings. The number of nitrogens with zero attached hydrogens (tertiary/aromatic N) is 2. The molecule has 2 rings (SSSR count). The minimum absolute atomic E-state index is 0.0978. The highest BCUT2D eigenvalue weighted by Crippen LogP contribution is 2.26. The topological polar surface area (TPSA) is 35.0 Å². The predicted octanol–water partition coefficient (Wildman–Crippen LogP) is 3.61. The third kappa shape index (κ3) is 3.55. The van der Waals surface area contributed by atoms with Crippen LogP contribution in [0.2, 0.25) is 0 Å². The molecule has 18 heavy (non-hydrogen) atoms. The fourth-order valence-corrected chi connectivity index (χ4v) is 2.46. The molecule has 3 nitrogen and oxygen atoms in total. The van der Waals surface area contributed by atoms with Crippen molar-refractivity contribution in [2.45, 2.75) is 11.8 Å². The Morgan fingerprint density at radius 1 is 1.33 bits per heavy atom. The fourth-order valence-electron chi connectivity index (χ4n) is 1.60. The lowest BCUT2D eigenvalue weighted by atomic mass is 10.1. The van der Waals surface area contributed by atoms with Crippen molar-refractivity contribution < 1.29 is 4.74 Å². The summed E-state index contributed by atoms with van der Waals surface area (Å²) in [6.45, 7) is 0. The number of alkyl halides is 1. The van der Waals surface area contributed by atoms with Gasteiger partial charge in [0.1, 0.15) is 6.33 Å². The number of rotatable bonds is 4. The SMILES string of the molecule is COc1cc(CC(Cl)c2cccc(I)c2)ncn1. The van der Waals surface area contributed by atoms with Crippen LogP contribution in [0.25, 0.3) is 0 Å². The largest absolute Gasteiger partial charge is 0.481 e. The van der Waals surface area contributed by atoms with Crippen LogP contribution in [-0.4, -0.2) is 17.1 Å². The number of methoxy groups -OCH3 is 1. The number of benzene rings is 1. The van der Waals surface area contributed by atoms with Gasteiger partial charge >= 0.3 is 0 Å². The molecule has 1 aromatic carbocycles. The minimum atomic E-state index is -0.0978. The van der Waals surface area contributed by atoms with E-state index in [9.17, 15) is 0 Å². The summed E-state index contributed by atoms with van der Waals surface area (Å²) >= 11 is 8.68. The van der Waals surface area contributed by atoms with E-state index in [4.69, 9.17) is 16.3 Å². The smallest absolute Gasteiger partial charge is 0.216 e. The van der Waals surface area contributed by atoms with Gasteiger partial charge in [0.15, 0.2) is 0 Å². The van der Waals surface area contributed by atoms with Crippen LogP contribution in [0.15, 0.2) is 36.7 Å². The zero-order chi connectivity index (χ0) is 13.0. The highest BCUT2D eigenvalue weighted by Gasteiger charge is 2.11. The molecule has 1 unspecified atom stereocenters. The lowest BCUT2D eigenvalue weighted by Crippen LogP contribution is -2.00. The van der Waals surface area contributed by atoms with Crippen molar-refractivity contribution in [3.05, 3.63) is 51.5 Å². The number of halogens is 2. The Morgan fingerprint density at radius 3 is 2.89 bits per heavy atom. The summed E-state index contributed by atoms with van der Waals surface area (Å²) in [5.74, 6) is 0.562. The molecule has 0 aliphatic carbocycles. The summed E-state index contributed by atoms with van der Waals surface area (Å²) in [4.78, 5) is 8.17. The van der Waals surface area contributed by atoms with E-state index in [1.54, 1.807) is 7.11 Å². The zero-order valence-electron chi connectivity index (χ0n) is 9.81. The molecule has 0 radical (unpaired) electrons. The lowest BCUT2D eigenvalue weighted by Gasteiger charge is -2.10. The van der Waals surface area contributed by atoms with Crippen molar-refractivity contribution in [3.8, 4) is 5.88 Å². The molecule has 5 heteroatoms. The molecule has 0 amide bonds. The first kappa shape index (κ1) is 13.5. The maximum Gasteiger partial charge on any atom is 0.216 e. The summed E-state index contributed by atoms with van der Waals surface area (Å²) < 4.78 is 6.24. The van der Waals surface area contributed by atoms with Crippen molar-refractivity contribution in [2.24, 2.45) is 0 Å². The summed E-state index contributed by atoms with van der Waals surface area (Å²) in [6, 6.07) is 9.96. The molecule has 2 aromatic rings. The van der Waals surface area contributed by atoms with E-state index in [2.05, 4.69) is 38.6 Å². The summed E-state index contributed by atoms with van der Waals surface area (Å²) in [7, 11) is 1.59. The summed E-state index contributed by atoms with van der Waals surface area (Å²) in [5, 5.41) is -0.0978. The van der Waals surface area contributed by atoms with E-state index in [0.29, 0.717) is 12.3 Å². The van der Waals surface area contributed by atoms with Gasteiger partial charge in [-0.25, -0.2) is 9.97 Å². The van der Waals surface area contributed by atoms with Crippen LogP contribution in [0.3, 0.4) is 0 Å². The first-order valence-electron chi connectivity index (χ1n) is 5.43. The minimum Gasteiger partial charge on any atom is -0.481 e. The Hall–Kier alpha value is -0.880. The van der Waals surface area contributed by atoms with E-state index in [-0.39, 0.29) is 5.38 Å². The van der Waals surface area contributed by atoms with E-state index in [0.717, 1.165) is 11.3 Å². The van der Waals surface area contributed by atoms with E-state index in [1.807, 2.05) is 24.3 Å². The molecule has 0 bridgehead atoms. The van der Waals surface area contributed by atoms with Crippen LogP contribution < -0.4 is 4.74 Å². The molecule has 0 N–H and O–H groups in total. The summed E-state index contributed by atoms with van der Waals surface area (Å²) in [5.41, 5.74) is 1.97. The second-order valence-electron chi connectivity index (χ2n) is 3.78. The monoisotopic (exact) mass is 374 g/mol. The number of ether oxygens (including phenoxy) is 1. The van der Waals surface area contributed by atoms with Gasteiger partial charge in [0.2, 0.25) is 5.88 Å². The van der Waals surface area contributed by atoms with Gasteiger partial charge < -0.3 is 4.74 Å². The van der Waals surface area contributed by atoms with Gasteiger partial charge in [0, 0.05) is 21.8 Å². The molecule has 0 spiro atoms. The normalized spacial score (nSPS) is 12.2. The van der Waals surface area contributed by atoms with Crippen molar-refractivity contribution in [3.63, 3.8) is 0 Å². The highest BCUT2D eigenvalue weighted by atomic mass is 127. The van der Waals surface area contributed by atoms with Gasteiger partial charge in [-0.05, 0) is 40.3 Å². The number of hydrogen-bond donors (Lipinski definition) is 0. The van der Waals surface area contributed by atoms with E-state index in [1.165, 1.54) is 9.90 Å². The third-order valence-electron chi connectivity index (χ3n) is 2.51. The van der Waals surface area contributed by atoms with Gasteiger partial charge in [-0.2, -0.15) is 0 Å². The van der Waals surface area contributed by atoms with Gasteiger partial charge in [0.05, 0.1) is 12.5 Å². The first-order chi connectivity index (χ1) is 8.69. The highest BCUT2D eigenvalue weighted by molar-refractivity contribution is 14.1. The maximum absolute atomic E-state index is 6.40. The van der Waals surface area contributed by atoms with Crippen LogP contribution in [0.4, 0.5) is 0 Å². The Labute approximate surface area is 125 Å². The molecule has 0 aliphatic heterocycles. The fraction of sp³-hybridized carbons (Fsp3) is 0.231. The third-order valence-corrected chi connectivity index (χ3v) is 3.58. The van der Waals surface area contributed by atoms with E-state index >= 15 is 0 Å². The van der Waals surface area contributed by atoms with Crippen molar-refractivity contribution >= 4 is 34.2 Å². The van der Waals surface area contributed by atoms with Gasteiger partial charge in [-0.15, -0.1) is 11.6 Å². The van der Waals surface area contributed by atoms with Gasteiger partial charge in [-0.1, -0.05) is 12.1 Å². The van der Waals surface area contributed by atoms with Crippen LogP contribution >= 0.6 is 34.2 Å². The molecular formula is C13H12ClIN2O. The van der Waals surface area contributed by atoms with Crippen LogP contribution in [0.5, 0.6) is 5.88 Å². The standard InChI is InChI=1S/C13H12ClIN2O/c1-18-13-7-11(16-8-17-13)6-12(14)9-3-2-4-10(15)5-9/h2-5,7-8,12H,6H2,1H3. The number of aromatic nitrogens is 2. The van der Waals surface area contributed by atoms with Gasteiger partial charge in [-0.3, -0.25) is 0 Å². The lowest BCUT2D eigenvalue weighted by molar-refractivity contribution is 0.396. The Kier molecular flexibility index (Phi) is 4.77. The Bertz CT molecular complexity index is 536. The molecule has 0 fully saturated rings. The predicted molar refractivity (Wildman–Crippen MR) is 80.0 cm³/mol. The zero-order valence-corrected chi connectivity index (χ0v) is 12.7. The Morgan fingerprint density at radius 2 is 2.17 bits per heavy atom. The second kappa shape index (κ2) is 6.33. The molecular weight excluding hydrogens is 363 g/mol. The Balaban J connectivity index is 2.13. The van der Waals surface area contributed by atoms with Gasteiger partial charge in [0.25, 0.3) is 0 Å². The average molecular weight is 375 g/mol. The van der Waals surface area contributed by atoms with Crippen molar-refractivity contribution in [1.29, 1.82) is 0 Å². The van der Waals surface area contributed by atoms with E-state index < -0.39 is 0 Å². The number of hydrogen-bond acceptors (Lipinski definition) is 3. The molecule has 0 saturated heterocycles. The second-order valence-corrected chi connectivity index (χ2v) is 5.55. The molecule has 94 valence electrons. The van der Waals surface area contributed by atoms with Crippen LogP contribution in [0, 0.1) is 3.57 Å². The maximum atomic E-state index is 6.40. The molecule has 1 atom stereocenters. The molecule has 1 aromatic heterocycles. The summed E-state index contributed by atoms with van der Waals surface area (Å²) in [6.07, 6.45) is 2.15. The molecule has 0 saturated carbocycles. The quantitative estimate of drug-likeness (QED) is 0.606. The van der Waals surface area contributed by atoms with Crippen LogP contribution in [0.1, 0.15) is 16.6 Å². The van der Waals surface area contributed by atoms with Crippen molar-refractivity contribution in [1.82, 2.24) is 9.97 Å². The van der Waals surface area contributed by atoms with Crippen molar-refractivity contribution in [2.75, 3.05) is 7.11 Å². The molecule has 1 heterocycles. The first-order valence-corrected chi connectivity index (χ1v) is 6.95. The van der Waals surface area contributed by atoms with Crippen LogP contribution in [-0.2, 0) is 6.42 Å².